The highest BCUT2D eigenvalue weighted by Gasteiger charge is 2.20. The third kappa shape index (κ3) is 2.87. The van der Waals surface area contributed by atoms with Crippen molar-refractivity contribution in [3.8, 4) is 0 Å². The van der Waals surface area contributed by atoms with Gasteiger partial charge in [-0.2, -0.15) is 11.8 Å². The van der Waals surface area contributed by atoms with Crippen LogP contribution >= 0.6 is 23.1 Å². The van der Waals surface area contributed by atoms with Crippen LogP contribution in [-0.4, -0.2) is 22.3 Å². The van der Waals surface area contributed by atoms with Gasteiger partial charge in [0, 0.05) is 6.54 Å². The summed E-state index contributed by atoms with van der Waals surface area (Å²) in [6, 6.07) is 2.12. The van der Waals surface area contributed by atoms with Crippen molar-refractivity contribution < 1.29 is 0 Å². The Morgan fingerprint density at radius 3 is 3.11 bits per heavy atom. The van der Waals surface area contributed by atoms with E-state index < -0.39 is 0 Å². The van der Waals surface area contributed by atoms with E-state index in [2.05, 4.69) is 23.7 Å². The van der Waals surface area contributed by atoms with Crippen LogP contribution in [-0.2, 0) is 0 Å². The molecule has 5 heteroatoms. The molecule has 3 rings (SSSR count). The molecule has 3 heterocycles. The number of aromatic nitrogens is 2. The summed E-state index contributed by atoms with van der Waals surface area (Å²) in [7, 11) is 0. The van der Waals surface area contributed by atoms with Crippen molar-refractivity contribution in [2.45, 2.75) is 37.9 Å². The molecular formula is C14H19N3S2. The first-order chi connectivity index (χ1) is 9.38. The van der Waals surface area contributed by atoms with Crippen LogP contribution in [0.3, 0.4) is 0 Å². The van der Waals surface area contributed by atoms with E-state index in [-0.39, 0.29) is 0 Å². The van der Waals surface area contributed by atoms with Gasteiger partial charge in [-0.1, -0.05) is 13.3 Å². The minimum Gasteiger partial charge on any atom is -0.369 e. The maximum Gasteiger partial charge on any atom is 0.145 e. The predicted molar refractivity (Wildman–Crippen MR) is 85.2 cm³/mol. The summed E-state index contributed by atoms with van der Waals surface area (Å²) in [6.07, 6.45) is 4.97. The number of hydrogen-bond donors (Lipinski definition) is 1. The number of thioether (sulfide) groups is 1. The van der Waals surface area contributed by atoms with Crippen LogP contribution in [0.5, 0.6) is 0 Å². The molecule has 0 aromatic carbocycles. The molecule has 1 atom stereocenters. The maximum absolute atomic E-state index is 4.80. The highest BCUT2D eigenvalue weighted by molar-refractivity contribution is 7.99. The van der Waals surface area contributed by atoms with Gasteiger partial charge in [0.2, 0.25) is 0 Å². The maximum atomic E-state index is 4.80. The molecule has 0 amide bonds. The number of rotatable bonds is 4. The monoisotopic (exact) mass is 293 g/mol. The molecule has 1 aliphatic heterocycles. The molecule has 19 heavy (non-hydrogen) atoms. The molecule has 1 N–H and O–H groups in total. The topological polar surface area (TPSA) is 37.8 Å². The molecule has 102 valence electrons. The Balaban J connectivity index is 1.95. The molecule has 0 radical (unpaired) electrons. The first-order valence-electron chi connectivity index (χ1n) is 6.99. The molecule has 0 saturated carbocycles. The van der Waals surface area contributed by atoms with Crippen LogP contribution in [0.4, 0.5) is 5.82 Å². The smallest absolute Gasteiger partial charge is 0.145 e. The van der Waals surface area contributed by atoms with Crippen LogP contribution in [0.2, 0.25) is 0 Å². The van der Waals surface area contributed by atoms with E-state index in [0.29, 0.717) is 5.25 Å². The second-order valence-electron chi connectivity index (χ2n) is 4.85. The quantitative estimate of drug-likeness (QED) is 0.902. The average molecular weight is 293 g/mol. The van der Waals surface area contributed by atoms with E-state index in [0.717, 1.165) is 29.4 Å². The highest BCUT2D eigenvalue weighted by atomic mass is 32.2. The van der Waals surface area contributed by atoms with Gasteiger partial charge in [-0.3, -0.25) is 0 Å². The van der Waals surface area contributed by atoms with E-state index in [1.54, 1.807) is 11.3 Å². The van der Waals surface area contributed by atoms with Crippen molar-refractivity contribution in [3.63, 3.8) is 0 Å². The van der Waals surface area contributed by atoms with Crippen LogP contribution in [0, 0.1) is 0 Å². The zero-order valence-corrected chi connectivity index (χ0v) is 12.8. The Hall–Kier alpha value is -0.810. The molecule has 1 saturated heterocycles. The lowest BCUT2D eigenvalue weighted by atomic mass is 10.2. The lowest BCUT2D eigenvalue weighted by Gasteiger charge is -2.20. The van der Waals surface area contributed by atoms with Gasteiger partial charge < -0.3 is 5.32 Å². The molecule has 1 aliphatic rings. The number of hydrogen-bond acceptors (Lipinski definition) is 5. The van der Waals surface area contributed by atoms with E-state index in [1.165, 1.54) is 30.4 Å². The van der Waals surface area contributed by atoms with E-state index in [9.17, 15) is 0 Å². The SMILES string of the molecule is CCCNc1nc(C2CCCCS2)nc2sccc12. The third-order valence-electron chi connectivity index (χ3n) is 3.35. The molecule has 1 unspecified atom stereocenters. The van der Waals surface area contributed by atoms with Gasteiger partial charge in [-0.25, -0.2) is 9.97 Å². The molecular weight excluding hydrogens is 274 g/mol. The van der Waals surface area contributed by atoms with Gasteiger partial charge in [0.15, 0.2) is 0 Å². The van der Waals surface area contributed by atoms with Gasteiger partial charge in [0.25, 0.3) is 0 Å². The molecule has 2 aromatic heterocycles. The summed E-state index contributed by atoms with van der Waals surface area (Å²) in [5.74, 6) is 3.29. The van der Waals surface area contributed by atoms with Crippen molar-refractivity contribution in [1.29, 1.82) is 0 Å². The molecule has 0 bridgehead atoms. The lowest BCUT2D eigenvalue weighted by Crippen LogP contribution is -2.10. The predicted octanol–water partition coefficient (Wildman–Crippen LogP) is 4.47. The second kappa shape index (κ2) is 6.09. The minimum atomic E-state index is 0.488. The fourth-order valence-electron chi connectivity index (χ4n) is 2.34. The van der Waals surface area contributed by atoms with Gasteiger partial charge in [0.1, 0.15) is 16.5 Å². The van der Waals surface area contributed by atoms with Crippen LogP contribution in [0.15, 0.2) is 11.4 Å². The van der Waals surface area contributed by atoms with E-state index in [4.69, 9.17) is 9.97 Å². The van der Waals surface area contributed by atoms with Crippen molar-refractivity contribution in [2.24, 2.45) is 0 Å². The van der Waals surface area contributed by atoms with Gasteiger partial charge >= 0.3 is 0 Å². The van der Waals surface area contributed by atoms with E-state index >= 15 is 0 Å². The Bertz CT molecular complexity index is 547. The summed E-state index contributed by atoms with van der Waals surface area (Å²) in [4.78, 5) is 10.7. The summed E-state index contributed by atoms with van der Waals surface area (Å²) in [6.45, 7) is 3.15. The number of thiophene rings is 1. The lowest BCUT2D eigenvalue weighted by molar-refractivity contribution is 0.665. The van der Waals surface area contributed by atoms with Crippen LogP contribution in [0.25, 0.3) is 10.2 Å². The number of nitrogens with zero attached hydrogens (tertiary/aromatic N) is 2. The molecule has 2 aromatic rings. The molecule has 0 aliphatic carbocycles. The molecule has 3 nitrogen and oxygen atoms in total. The molecule has 1 fully saturated rings. The van der Waals surface area contributed by atoms with Crippen molar-refractivity contribution in [3.05, 3.63) is 17.3 Å². The number of nitrogens with one attached hydrogen (secondary N) is 1. The number of anilines is 1. The minimum absolute atomic E-state index is 0.488. The van der Waals surface area contributed by atoms with Crippen molar-refractivity contribution >= 4 is 39.1 Å². The third-order valence-corrected chi connectivity index (χ3v) is 5.53. The van der Waals surface area contributed by atoms with Gasteiger partial charge in [-0.15, -0.1) is 11.3 Å². The standard InChI is InChI=1S/C14H19N3S2/c1-2-7-15-12-10-6-9-19-14(10)17-13(16-12)11-5-3-4-8-18-11/h6,9,11H,2-5,7-8H2,1H3,(H,15,16,17). The average Bonchev–Trinajstić information content (AvgIpc) is 2.94. The van der Waals surface area contributed by atoms with Gasteiger partial charge in [-0.05, 0) is 36.5 Å². The Labute approximate surface area is 122 Å². The zero-order chi connectivity index (χ0) is 13.1. The fourth-order valence-corrected chi connectivity index (χ4v) is 4.35. The first-order valence-corrected chi connectivity index (χ1v) is 8.92. The van der Waals surface area contributed by atoms with Crippen LogP contribution < -0.4 is 5.32 Å². The van der Waals surface area contributed by atoms with Crippen molar-refractivity contribution in [1.82, 2.24) is 9.97 Å². The van der Waals surface area contributed by atoms with E-state index in [1.807, 2.05) is 11.8 Å². The highest BCUT2D eigenvalue weighted by Crippen LogP contribution is 2.38. The van der Waals surface area contributed by atoms with Crippen molar-refractivity contribution in [2.75, 3.05) is 17.6 Å². The Morgan fingerprint density at radius 1 is 1.37 bits per heavy atom. The first kappa shape index (κ1) is 13.2. The zero-order valence-electron chi connectivity index (χ0n) is 11.2. The molecule has 0 spiro atoms. The normalized spacial score (nSPS) is 19.7. The largest absolute Gasteiger partial charge is 0.369 e. The Morgan fingerprint density at radius 2 is 2.32 bits per heavy atom. The Kier molecular flexibility index (Phi) is 4.23. The fraction of sp³-hybridized carbons (Fsp3) is 0.571. The summed E-state index contributed by atoms with van der Waals surface area (Å²) in [5, 5.41) is 7.21. The summed E-state index contributed by atoms with van der Waals surface area (Å²) < 4.78 is 0. The number of fused-ring (bicyclic) bond motifs is 1. The summed E-state index contributed by atoms with van der Waals surface area (Å²) >= 11 is 3.72. The van der Waals surface area contributed by atoms with Crippen LogP contribution in [0.1, 0.15) is 43.7 Å². The van der Waals surface area contributed by atoms with Gasteiger partial charge in [0.05, 0.1) is 10.6 Å². The summed E-state index contributed by atoms with van der Waals surface area (Å²) in [5.41, 5.74) is 0. The second-order valence-corrected chi connectivity index (χ2v) is 7.06.